The average molecular weight is 312 g/mol. The molecule has 1 atom stereocenters. The van der Waals surface area contributed by atoms with Gasteiger partial charge in [-0.25, -0.2) is 9.97 Å². The largest absolute Gasteiger partial charge is 0.370 e. The van der Waals surface area contributed by atoms with Gasteiger partial charge in [0.05, 0.1) is 6.04 Å². The van der Waals surface area contributed by atoms with E-state index in [1.54, 1.807) is 13.0 Å². The smallest absolute Gasteiger partial charge is 0.270 e. The van der Waals surface area contributed by atoms with Gasteiger partial charge in [0.15, 0.2) is 0 Å². The lowest BCUT2D eigenvalue weighted by atomic mass is 10.1. The predicted octanol–water partition coefficient (Wildman–Crippen LogP) is 3.34. The Bertz CT molecular complexity index is 655. The zero-order valence-corrected chi connectivity index (χ0v) is 14.1. The van der Waals surface area contributed by atoms with E-state index in [1.807, 2.05) is 37.3 Å². The number of anilines is 1. The number of benzene rings is 1. The minimum atomic E-state index is -0.195. The maximum absolute atomic E-state index is 12.4. The van der Waals surface area contributed by atoms with Gasteiger partial charge in [-0.05, 0) is 25.3 Å². The van der Waals surface area contributed by atoms with Crippen LogP contribution in [0.4, 0.5) is 5.82 Å². The van der Waals surface area contributed by atoms with Crippen molar-refractivity contribution < 1.29 is 4.79 Å². The third kappa shape index (κ3) is 5.06. The van der Waals surface area contributed by atoms with E-state index in [-0.39, 0.29) is 11.9 Å². The van der Waals surface area contributed by atoms with Crippen LogP contribution in [0, 0.1) is 12.8 Å². The van der Waals surface area contributed by atoms with Crippen molar-refractivity contribution in [2.75, 3.05) is 11.9 Å². The molecule has 1 amide bonds. The Morgan fingerprint density at radius 1 is 1.13 bits per heavy atom. The van der Waals surface area contributed by atoms with Crippen LogP contribution in [-0.2, 0) is 0 Å². The summed E-state index contributed by atoms with van der Waals surface area (Å²) in [6.07, 6.45) is 0. The van der Waals surface area contributed by atoms with Crippen LogP contribution in [0.5, 0.6) is 0 Å². The van der Waals surface area contributed by atoms with Crippen LogP contribution in [0.15, 0.2) is 36.4 Å². The van der Waals surface area contributed by atoms with Crippen LogP contribution >= 0.6 is 0 Å². The van der Waals surface area contributed by atoms with E-state index in [1.165, 1.54) is 0 Å². The maximum atomic E-state index is 12.4. The molecule has 1 aromatic heterocycles. The maximum Gasteiger partial charge on any atom is 0.270 e. The van der Waals surface area contributed by atoms with E-state index < -0.39 is 0 Å². The van der Waals surface area contributed by atoms with E-state index in [0.717, 1.165) is 12.1 Å². The Morgan fingerprint density at radius 2 is 1.83 bits per heavy atom. The van der Waals surface area contributed by atoms with Gasteiger partial charge in [0.1, 0.15) is 17.3 Å². The minimum absolute atomic E-state index is 0.0777. The normalized spacial score (nSPS) is 12.0. The highest BCUT2D eigenvalue weighted by Crippen LogP contribution is 2.13. The summed E-state index contributed by atoms with van der Waals surface area (Å²) in [6.45, 7) is 8.79. The van der Waals surface area contributed by atoms with Crippen molar-refractivity contribution in [2.45, 2.75) is 33.7 Å². The lowest BCUT2D eigenvalue weighted by Gasteiger charge is -2.15. The number of nitrogens with one attached hydrogen (secondary N) is 2. The number of amides is 1. The van der Waals surface area contributed by atoms with Gasteiger partial charge in [0, 0.05) is 12.6 Å². The van der Waals surface area contributed by atoms with Crippen molar-refractivity contribution in [3.63, 3.8) is 0 Å². The van der Waals surface area contributed by atoms with Crippen LogP contribution in [-0.4, -0.2) is 22.4 Å². The summed E-state index contributed by atoms with van der Waals surface area (Å²) in [6, 6.07) is 11.5. The zero-order valence-electron chi connectivity index (χ0n) is 14.1. The summed E-state index contributed by atoms with van der Waals surface area (Å²) in [5, 5.41) is 6.21. The van der Waals surface area contributed by atoms with Crippen molar-refractivity contribution in [3.05, 3.63) is 53.5 Å². The zero-order chi connectivity index (χ0) is 16.8. The fourth-order valence-electron chi connectivity index (χ4n) is 2.18. The first-order chi connectivity index (χ1) is 11.0. The second kappa shape index (κ2) is 7.72. The van der Waals surface area contributed by atoms with Crippen molar-refractivity contribution >= 4 is 11.7 Å². The van der Waals surface area contributed by atoms with Crippen molar-refractivity contribution in [3.8, 4) is 0 Å². The molecule has 0 saturated carbocycles. The molecular weight excluding hydrogens is 288 g/mol. The first kappa shape index (κ1) is 16.9. The third-order valence-corrected chi connectivity index (χ3v) is 3.41. The van der Waals surface area contributed by atoms with Crippen molar-refractivity contribution in [1.82, 2.24) is 15.3 Å². The first-order valence-corrected chi connectivity index (χ1v) is 7.91. The second-order valence-electron chi connectivity index (χ2n) is 6.07. The summed E-state index contributed by atoms with van der Waals surface area (Å²) < 4.78 is 0. The van der Waals surface area contributed by atoms with Gasteiger partial charge < -0.3 is 10.6 Å². The summed E-state index contributed by atoms with van der Waals surface area (Å²) in [4.78, 5) is 21.0. The molecule has 23 heavy (non-hydrogen) atoms. The van der Waals surface area contributed by atoms with Gasteiger partial charge >= 0.3 is 0 Å². The molecule has 5 heteroatoms. The first-order valence-electron chi connectivity index (χ1n) is 7.91. The molecule has 1 aromatic carbocycles. The molecule has 2 aromatic rings. The third-order valence-electron chi connectivity index (χ3n) is 3.41. The quantitative estimate of drug-likeness (QED) is 0.858. The highest BCUT2D eigenvalue weighted by atomic mass is 16.1. The second-order valence-corrected chi connectivity index (χ2v) is 6.07. The molecule has 0 aliphatic heterocycles. The molecule has 0 bridgehead atoms. The molecular formula is C18H24N4O. The molecule has 1 unspecified atom stereocenters. The molecule has 2 rings (SSSR count). The average Bonchev–Trinajstić information content (AvgIpc) is 2.53. The summed E-state index contributed by atoms with van der Waals surface area (Å²) >= 11 is 0. The molecule has 0 radical (unpaired) electrons. The van der Waals surface area contributed by atoms with E-state index in [0.29, 0.717) is 23.3 Å². The molecule has 0 saturated heterocycles. The van der Waals surface area contributed by atoms with Crippen molar-refractivity contribution in [2.24, 2.45) is 5.92 Å². The van der Waals surface area contributed by atoms with Gasteiger partial charge in [0.25, 0.3) is 5.91 Å². The Hall–Kier alpha value is -2.43. The fraction of sp³-hybridized carbons (Fsp3) is 0.389. The van der Waals surface area contributed by atoms with E-state index in [9.17, 15) is 4.79 Å². The summed E-state index contributed by atoms with van der Waals surface area (Å²) in [5.74, 6) is 1.57. The van der Waals surface area contributed by atoms with Crippen LogP contribution in [0.2, 0.25) is 0 Å². The minimum Gasteiger partial charge on any atom is -0.370 e. The van der Waals surface area contributed by atoms with Crippen LogP contribution in [0.1, 0.15) is 48.7 Å². The Balaban J connectivity index is 2.09. The molecule has 0 spiro atoms. The molecule has 5 nitrogen and oxygen atoms in total. The monoisotopic (exact) mass is 312 g/mol. The lowest BCUT2D eigenvalue weighted by Crippen LogP contribution is -2.28. The standard InChI is InChI=1S/C18H24N4O/c1-12(2)11-19-17-10-16(21-14(4)22-17)18(23)20-13(3)15-8-6-5-7-9-15/h5-10,12-13H,11H2,1-4H3,(H,20,23)(H,19,21,22). The van der Waals surface area contributed by atoms with Gasteiger partial charge in [-0.1, -0.05) is 44.2 Å². The highest BCUT2D eigenvalue weighted by molar-refractivity contribution is 5.93. The number of carbonyl (C=O) groups is 1. The van der Waals surface area contributed by atoms with Crippen LogP contribution in [0.3, 0.4) is 0 Å². The molecule has 0 aliphatic rings. The van der Waals surface area contributed by atoms with E-state index >= 15 is 0 Å². The predicted molar refractivity (Wildman–Crippen MR) is 92.4 cm³/mol. The van der Waals surface area contributed by atoms with E-state index in [2.05, 4.69) is 34.4 Å². The molecule has 1 heterocycles. The number of aromatic nitrogens is 2. The number of hydrogen-bond acceptors (Lipinski definition) is 4. The Morgan fingerprint density at radius 3 is 2.48 bits per heavy atom. The van der Waals surface area contributed by atoms with Gasteiger partial charge in [-0.3, -0.25) is 4.79 Å². The lowest BCUT2D eigenvalue weighted by molar-refractivity contribution is 0.0934. The van der Waals surface area contributed by atoms with E-state index in [4.69, 9.17) is 0 Å². The number of hydrogen-bond donors (Lipinski definition) is 2. The van der Waals surface area contributed by atoms with Gasteiger partial charge in [0.2, 0.25) is 0 Å². The molecule has 0 aliphatic carbocycles. The van der Waals surface area contributed by atoms with Crippen molar-refractivity contribution in [1.29, 1.82) is 0 Å². The number of aryl methyl sites for hydroxylation is 1. The fourth-order valence-corrected chi connectivity index (χ4v) is 2.18. The number of carbonyl (C=O) groups excluding carboxylic acids is 1. The summed E-state index contributed by atoms with van der Waals surface area (Å²) in [7, 11) is 0. The number of rotatable bonds is 6. The molecule has 0 fully saturated rings. The van der Waals surface area contributed by atoms with Crippen LogP contribution < -0.4 is 10.6 Å². The van der Waals surface area contributed by atoms with Gasteiger partial charge in [-0.15, -0.1) is 0 Å². The Kier molecular flexibility index (Phi) is 5.68. The SMILES string of the molecule is Cc1nc(NCC(C)C)cc(C(=O)NC(C)c2ccccc2)n1. The molecule has 2 N–H and O–H groups in total. The van der Waals surface area contributed by atoms with Crippen LogP contribution in [0.25, 0.3) is 0 Å². The summed E-state index contributed by atoms with van der Waals surface area (Å²) in [5.41, 5.74) is 1.44. The molecule has 122 valence electrons. The highest BCUT2D eigenvalue weighted by Gasteiger charge is 2.14. The Labute approximate surface area is 137 Å². The number of nitrogens with zero attached hydrogens (tertiary/aromatic N) is 2. The topological polar surface area (TPSA) is 66.9 Å². The van der Waals surface area contributed by atoms with Gasteiger partial charge in [-0.2, -0.15) is 0 Å².